The number of nitrogens with one attached hydrogen (secondary N) is 1. The molecule has 2 unspecified atom stereocenters. The maximum atomic E-state index is 4.54. The Bertz CT molecular complexity index is 664. The Balaban J connectivity index is 1.68. The van der Waals surface area contributed by atoms with Crippen LogP contribution in [0, 0.1) is 18.3 Å². The summed E-state index contributed by atoms with van der Waals surface area (Å²) in [4.78, 5) is 0. The lowest BCUT2D eigenvalue weighted by Crippen LogP contribution is -2.26. The maximum absolute atomic E-state index is 4.54. The van der Waals surface area contributed by atoms with Crippen LogP contribution in [0.2, 0.25) is 0 Å². The highest BCUT2D eigenvalue weighted by atomic mass is 15.3. The van der Waals surface area contributed by atoms with E-state index in [9.17, 15) is 0 Å². The third-order valence-electron chi connectivity index (χ3n) is 5.29. The molecule has 0 aromatic heterocycles. The van der Waals surface area contributed by atoms with Gasteiger partial charge in [-0.15, -0.1) is 0 Å². The molecule has 0 fully saturated rings. The molecular weight excluding hydrogens is 280 g/mol. The topological polar surface area (TPSA) is 24.4 Å². The number of nitrogens with zero attached hydrogens (tertiary/aromatic N) is 1. The minimum atomic E-state index is 0.311. The van der Waals surface area contributed by atoms with E-state index in [1.807, 2.05) is 0 Å². The van der Waals surface area contributed by atoms with E-state index in [1.165, 1.54) is 29.5 Å². The number of hydrazone groups is 1. The van der Waals surface area contributed by atoms with E-state index in [1.54, 1.807) is 0 Å². The summed E-state index contributed by atoms with van der Waals surface area (Å²) in [6, 6.07) is 9.01. The molecule has 2 heteroatoms. The van der Waals surface area contributed by atoms with Gasteiger partial charge in [0.25, 0.3) is 0 Å². The second-order valence-electron chi connectivity index (χ2n) is 7.72. The van der Waals surface area contributed by atoms with Crippen molar-refractivity contribution in [3.05, 3.63) is 59.2 Å². The quantitative estimate of drug-likeness (QED) is 0.750. The summed E-state index contributed by atoms with van der Waals surface area (Å²) in [7, 11) is 0. The molecule has 1 aromatic rings. The van der Waals surface area contributed by atoms with Gasteiger partial charge in [-0.2, -0.15) is 5.10 Å². The van der Waals surface area contributed by atoms with E-state index in [0.717, 1.165) is 12.1 Å². The Hall–Kier alpha value is -1.83. The van der Waals surface area contributed by atoms with Crippen molar-refractivity contribution in [1.29, 1.82) is 0 Å². The number of rotatable bonds is 3. The van der Waals surface area contributed by atoms with Gasteiger partial charge in [-0.25, -0.2) is 0 Å². The summed E-state index contributed by atoms with van der Waals surface area (Å²) in [5.74, 6) is 0.525. The maximum Gasteiger partial charge on any atom is 0.0745 e. The second-order valence-corrected chi connectivity index (χ2v) is 7.72. The van der Waals surface area contributed by atoms with Gasteiger partial charge in [-0.05, 0) is 43.7 Å². The van der Waals surface area contributed by atoms with Gasteiger partial charge in [0.2, 0.25) is 0 Å². The molecule has 1 aromatic carbocycles. The van der Waals surface area contributed by atoms with Gasteiger partial charge in [0.05, 0.1) is 11.8 Å². The molecule has 1 N–H and O–H groups in total. The molecule has 0 saturated heterocycles. The molecule has 122 valence electrons. The van der Waals surface area contributed by atoms with Gasteiger partial charge in [0, 0.05) is 12.3 Å². The van der Waals surface area contributed by atoms with Crippen LogP contribution in [0.5, 0.6) is 0 Å². The molecule has 0 radical (unpaired) electrons. The van der Waals surface area contributed by atoms with Crippen LogP contribution in [-0.4, -0.2) is 5.71 Å². The standard InChI is InChI=1S/C21H28N2/c1-15-7-5-9-17(13-15)20-14-18(22-23-20)10-11-19-16(2)8-6-12-21(19,3)4/h5,7-11,13,19-20,23H,6,12,14H2,1-4H3/b11-10+. The third-order valence-corrected chi connectivity index (χ3v) is 5.29. The van der Waals surface area contributed by atoms with Crippen molar-refractivity contribution in [2.75, 3.05) is 0 Å². The van der Waals surface area contributed by atoms with Crippen molar-refractivity contribution in [1.82, 2.24) is 5.43 Å². The minimum absolute atomic E-state index is 0.311. The zero-order chi connectivity index (χ0) is 16.4. The van der Waals surface area contributed by atoms with Crippen molar-refractivity contribution in [2.45, 2.75) is 53.0 Å². The smallest absolute Gasteiger partial charge is 0.0745 e. The zero-order valence-corrected chi connectivity index (χ0v) is 14.8. The SMILES string of the molecule is CC1=CCCC(C)(C)C1/C=C/C1=NNC(c2cccc(C)c2)C1. The molecule has 1 aliphatic carbocycles. The van der Waals surface area contributed by atoms with Crippen LogP contribution < -0.4 is 5.43 Å². The Kier molecular flexibility index (Phi) is 4.43. The number of allylic oxidation sites excluding steroid dienone is 4. The first-order valence-electron chi connectivity index (χ1n) is 8.69. The second kappa shape index (κ2) is 6.35. The summed E-state index contributed by atoms with van der Waals surface area (Å²) >= 11 is 0. The number of aryl methyl sites for hydroxylation is 1. The highest BCUT2D eigenvalue weighted by Gasteiger charge is 2.31. The summed E-state index contributed by atoms with van der Waals surface area (Å²) in [5.41, 5.74) is 8.92. The van der Waals surface area contributed by atoms with Crippen LogP contribution in [0.15, 0.2) is 53.2 Å². The first-order valence-corrected chi connectivity index (χ1v) is 8.69. The Morgan fingerprint density at radius 1 is 1.26 bits per heavy atom. The summed E-state index contributed by atoms with van der Waals surface area (Å²) in [6.07, 6.45) is 10.4. The fraction of sp³-hybridized carbons (Fsp3) is 0.476. The van der Waals surface area contributed by atoms with Crippen molar-refractivity contribution in [2.24, 2.45) is 16.4 Å². The van der Waals surface area contributed by atoms with E-state index in [2.05, 4.69) is 80.7 Å². The predicted molar refractivity (Wildman–Crippen MR) is 98.5 cm³/mol. The Morgan fingerprint density at radius 3 is 2.83 bits per heavy atom. The molecule has 2 atom stereocenters. The molecule has 0 amide bonds. The van der Waals surface area contributed by atoms with Gasteiger partial charge >= 0.3 is 0 Å². The van der Waals surface area contributed by atoms with Crippen LogP contribution in [0.25, 0.3) is 0 Å². The molecular formula is C21H28N2. The van der Waals surface area contributed by atoms with Crippen LogP contribution in [-0.2, 0) is 0 Å². The summed E-state index contributed by atoms with van der Waals surface area (Å²) in [6.45, 7) is 9.16. The molecule has 0 spiro atoms. The van der Waals surface area contributed by atoms with E-state index in [4.69, 9.17) is 0 Å². The fourth-order valence-corrected chi connectivity index (χ4v) is 3.84. The van der Waals surface area contributed by atoms with Gasteiger partial charge in [0.15, 0.2) is 0 Å². The molecule has 0 saturated carbocycles. The number of hydrogen-bond acceptors (Lipinski definition) is 2. The van der Waals surface area contributed by atoms with Crippen LogP contribution in [0.1, 0.15) is 57.2 Å². The normalized spacial score (nSPS) is 26.8. The monoisotopic (exact) mass is 308 g/mol. The molecule has 0 bridgehead atoms. The van der Waals surface area contributed by atoms with Crippen molar-refractivity contribution < 1.29 is 0 Å². The third kappa shape index (κ3) is 3.57. The van der Waals surface area contributed by atoms with Crippen molar-refractivity contribution >= 4 is 5.71 Å². The Labute approximate surface area is 140 Å². The zero-order valence-electron chi connectivity index (χ0n) is 14.8. The largest absolute Gasteiger partial charge is 0.302 e. The van der Waals surface area contributed by atoms with Gasteiger partial charge in [-0.1, -0.05) is 61.4 Å². The Morgan fingerprint density at radius 2 is 2.09 bits per heavy atom. The average Bonchev–Trinajstić information content (AvgIpc) is 2.95. The highest BCUT2D eigenvalue weighted by Crippen LogP contribution is 2.41. The van der Waals surface area contributed by atoms with E-state index < -0.39 is 0 Å². The van der Waals surface area contributed by atoms with Crippen LogP contribution in [0.4, 0.5) is 0 Å². The molecule has 2 aliphatic rings. The van der Waals surface area contributed by atoms with Gasteiger partial charge in [0.1, 0.15) is 0 Å². The number of hydrogen-bond donors (Lipinski definition) is 1. The molecule has 23 heavy (non-hydrogen) atoms. The van der Waals surface area contributed by atoms with Crippen molar-refractivity contribution in [3.8, 4) is 0 Å². The highest BCUT2D eigenvalue weighted by molar-refractivity contribution is 5.96. The van der Waals surface area contributed by atoms with Crippen molar-refractivity contribution in [3.63, 3.8) is 0 Å². The van der Waals surface area contributed by atoms with Crippen LogP contribution >= 0.6 is 0 Å². The first-order chi connectivity index (χ1) is 11.0. The number of benzene rings is 1. The average molecular weight is 308 g/mol. The summed E-state index contributed by atoms with van der Waals surface area (Å²) in [5, 5.41) is 4.54. The molecule has 1 heterocycles. The lowest BCUT2D eigenvalue weighted by Gasteiger charge is -2.36. The lowest BCUT2D eigenvalue weighted by molar-refractivity contribution is 0.255. The summed E-state index contributed by atoms with van der Waals surface area (Å²) < 4.78 is 0. The lowest BCUT2D eigenvalue weighted by atomic mass is 9.68. The molecule has 1 aliphatic heterocycles. The van der Waals surface area contributed by atoms with E-state index in [-0.39, 0.29) is 0 Å². The van der Waals surface area contributed by atoms with Crippen LogP contribution in [0.3, 0.4) is 0 Å². The van der Waals surface area contributed by atoms with E-state index >= 15 is 0 Å². The molecule has 2 nitrogen and oxygen atoms in total. The fourth-order valence-electron chi connectivity index (χ4n) is 3.84. The first kappa shape index (κ1) is 16.0. The molecule has 3 rings (SSSR count). The van der Waals surface area contributed by atoms with Gasteiger partial charge in [-0.3, -0.25) is 0 Å². The van der Waals surface area contributed by atoms with Gasteiger partial charge < -0.3 is 5.43 Å². The van der Waals surface area contributed by atoms with E-state index in [0.29, 0.717) is 17.4 Å². The predicted octanol–water partition coefficient (Wildman–Crippen LogP) is 5.32. The minimum Gasteiger partial charge on any atom is -0.302 e.